The van der Waals surface area contributed by atoms with Crippen molar-refractivity contribution in [2.75, 3.05) is 26.3 Å². The number of hydrogen-bond donors (Lipinski definition) is 2. The Balaban J connectivity index is 2.22. The number of ether oxygens (including phenoxy) is 2. The molecule has 1 aliphatic heterocycles. The van der Waals surface area contributed by atoms with Crippen LogP contribution in [0, 0.1) is 0 Å². The van der Waals surface area contributed by atoms with Gasteiger partial charge >= 0.3 is 5.97 Å². The van der Waals surface area contributed by atoms with Crippen molar-refractivity contribution in [3.8, 4) is 0 Å². The van der Waals surface area contributed by atoms with Crippen molar-refractivity contribution in [1.29, 1.82) is 0 Å². The van der Waals surface area contributed by atoms with Gasteiger partial charge in [-0.3, -0.25) is 4.79 Å². The summed E-state index contributed by atoms with van der Waals surface area (Å²) in [7, 11) is 0. The van der Waals surface area contributed by atoms with Gasteiger partial charge in [-0.1, -0.05) is 0 Å². The molecule has 0 aromatic heterocycles. The first-order valence-corrected chi connectivity index (χ1v) is 4.99. The van der Waals surface area contributed by atoms with Crippen LogP contribution in [0.2, 0.25) is 0 Å². The summed E-state index contributed by atoms with van der Waals surface area (Å²) in [6.07, 6.45) is 0.770. The molecule has 1 saturated heterocycles. The molecule has 1 fully saturated rings. The molecule has 0 aromatic rings. The monoisotopic (exact) mass is 202 g/mol. The molecule has 1 rings (SSSR count). The molecular weight excluding hydrogens is 184 g/mol. The summed E-state index contributed by atoms with van der Waals surface area (Å²) in [5.74, 6) is -0.189. The summed E-state index contributed by atoms with van der Waals surface area (Å²) in [6, 6.07) is -0.210. The number of esters is 1. The highest BCUT2D eigenvalue weighted by atomic mass is 16.5. The third kappa shape index (κ3) is 3.25. The van der Waals surface area contributed by atoms with E-state index in [2.05, 4.69) is 5.32 Å². The van der Waals surface area contributed by atoms with Crippen LogP contribution >= 0.6 is 0 Å². The lowest BCUT2D eigenvalue weighted by molar-refractivity contribution is -0.145. The van der Waals surface area contributed by atoms with Gasteiger partial charge in [-0.15, -0.1) is 0 Å². The van der Waals surface area contributed by atoms with Crippen LogP contribution < -0.4 is 11.1 Å². The van der Waals surface area contributed by atoms with Crippen LogP contribution in [0.3, 0.4) is 0 Å². The quantitative estimate of drug-likeness (QED) is 0.574. The first kappa shape index (κ1) is 11.4. The molecule has 5 heteroatoms. The molecule has 0 saturated carbocycles. The summed E-state index contributed by atoms with van der Waals surface area (Å²) in [5.41, 5.74) is 5.31. The number of nitrogens with one attached hydrogen (secondary N) is 1. The molecule has 1 aliphatic rings. The van der Waals surface area contributed by atoms with Crippen molar-refractivity contribution in [3.63, 3.8) is 0 Å². The van der Waals surface area contributed by atoms with Gasteiger partial charge in [0, 0.05) is 19.5 Å². The van der Waals surface area contributed by atoms with Crippen LogP contribution in [-0.4, -0.2) is 44.4 Å². The molecule has 5 nitrogen and oxygen atoms in total. The van der Waals surface area contributed by atoms with Gasteiger partial charge in [0.15, 0.2) is 0 Å². The number of carbonyl (C=O) groups excluding carboxylic acids is 1. The van der Waals surface area contributed by atoms with Gasteiger partial charge in [0.1, 0.15) is 6.04 Å². The van der Waals surface area contributed by atoms with Gasteiger partial charge in [-0.05, 0) is 6.92 Å². The molecule has 2 atom stereocenters. The Bertz CT molecular complexity index is 187. The van der Waals surface area contributed by atoms with E-state index in [-0.39, 0.29) is 18.1 Å². The summed E-state index contributed by atoms with van der Waals surface area (Å²) in [5, 5.41) is 3.06. The van der Waals surface area contributed by atoms with Crippen molar-refractivity contribution >= 4 is 5.97 Å². The van der Waals surface area contributed by atoms with E-state index in [9.17, 15) is 4.79 Å². The van der Waals surface area contributed by atoms with Crippen molar-refractivity contribution in [1.82, 2.24) is 5.32 Å². The predicted octanol–water partition coefficient (Wildman–Crippen LogP) is -0.745. The van der Waals surface area contributed by atoms with E-state index >= 15 is 0 Å². The fraction of sp³-hybridized carbons (Fsp3) is 0.889. The van der Waals surface area contributed by atoms with Gasteiger partial charge in [-0.2, -0.15) is 0 Å². The topological polar surface area (TPSA) is 73.6 Å². The van der Waals surface area contributed by atoms with Crippen LogP contribution in [-0.2, 0) is 14.3 Å². The Morgan fingerprint density at radius 2 is 2.43 bits per heavy atom. The van der Waals surface area contributed by atoms with E-state index in [1.165, 1.54) is 0 Å². The first-order valence-electron chi connectivity index (χ1n) is 4.99. The second kappa shape index (κ2) is 5.95. The molecule has 0 spiro atoms. The Kier molecular flexibility index (Phi) is 4.86. The second-order valence-corrected chi connectivity index (χ2v) is 3.23. The lowest BCUT2D eigenvalue weighted by atomic mass is 10.2. The zero-order chi connectivity index (χ0) is 10.4. The predicted molar refractivity (Wildman–Crippen MR) is 51.8 cm³/mol. The Morgan fingerprint density at radius 3 is 3.07 bits per heavy atom. The average Bonchev–Trinajstić information content (AvgIpc) is 2.63. The molecule has 82 valence electrons. The molecule has 0 aromatic carbocycles. The molecule has 0 radical (unpaired) electrons. The second-order valence-electron chi connectivity index (χ2n) is 3.23. The average molecular weight is 202 g/mol. The minimum atomic E-state index is -0.210. The molecule has 14 heavy (non-hydrogen) atoms. The first-order chi connectivity index (χ1) is 6.77. The SMILES string of the molecule is CCOC(=O)[C@@H]1C[C@@H](OCCN)CN1. The van der Waals surface area contributed by atoms with Crippen LogP contribution in [0.15, 0.2) is 0 Å². The van der Waals surface area contributed by atoms with Crippen molar-refractivity contribution < 1.29 is 14.3 Å². The van der Waals surface area contributed by atoms with E-state index in [1.54, 1.807) is 6.92 Å². The molecule has 0 unspecified atom stereocenters. The molecular formula is C9H18N2O3. The lowest BCUT2D eigenvalue weighted by Gasteiger charge is -2.10. The van der Waals surface area contributed by atoms with Crippen molar-refractivity contribution in [2.45, 2.75) is 25.5 Å². The maximum atomic E-state index is 11.3. The Labute approximate surface area is 83.9 Å². The normalized spacial score (nSPS) is 26.4. The smallest absolute Gasteiger partial charge is 0.323 e. The Hall–Kier alpha value is -0.650. The molecule has 0 amide bonds. The van der Waals surface area contributed by atoms with Crippen LogP contribution in [0.5, 0.6) is 0 Å². The highest BCUT2D eigenvalue weighted by Crippen LogP contribution is 2.11. The molecule has 1 heterocycles. The molecule has 0 aliphatic carbocycles. The fourth-order valence-electron chi connectivity index (χ4n) is 1.49. The summed E-state index contributed by atoms with van der Waals surface area (Å²) in [4.78, 5) is 11.3. The minimum Gasteiger partial charge on any atom is -0.465 e. The van der Waals surface area contributed by atoms with Crippen LogP contribution in [0.1, 0.15) is 13.3 Å². The maximum Gasteiger partial charge on any atom is 0.323 e. The molecule has 0 bridgehead atoms. The van der Waals surface area contributed by atoms with Gasteiger partial charge in [0.2, 0.25) is 0 Å². The third-order valence-corrected chi connectivity index (χ3v) is 2.13. The van der Waals surface area contributed by atoms with Crippen molar-refractivity contribution in [2.24, 2.45) is 5.73 Å². The van der Waals surface area contributed by atoms with Gasteiger partial charge in [0.05, 0.1) is 19.3 Å². The van der Waals surface area contributed by atoms with E-state index in [1.807, 2.05) is 0 Å². The van der Waals surface area contributed by atoms with Gasteiger partial charge in [0.25, 0.3) is 0 Å². The summed E-state index contributed by atoms with van der Waals surface area (Å²) < 4.78 is 10.3. The standard InChI is InChI=1S/C9H18N2O3/c1-2-13-9(12)8-5-7(6-11-8)14-4-3-10/h7-8,11H,2-6,10H2,1H3/t7-,8+/m1/s1. The number of carbonyl (C=O) groups is 1. The highest BCUT2D eigenvalue weighted by Gasteiger charge is 2.30. The van der Waals surface area contributed by atoms with E-state index in [0.29, 0.717) is 32.7 Å². The lowest BCUT2D eigenvalue weighted by Crippen LogP contribution is -2.32. The number of nitrogens with two attached hydrogens (primary N) is 1. The van der Waals surface area contributed by atoms with E-state index < -0.39 is 0 Å². The zero-order valence-electron chi connectivity index (χ0n) is 8.49. The minimum absolute atomic E-state index is 0.0907. The molecule has 3 N–H and O–H groups in total. The summed E-state index contributed by atoms with van der Waals surface area (Å²) >= 11 is 0. The number of hydrogen-bond acceptors (Lipinski definition) is 5. The fourth-order valence-corrected chi connectivity index (χ4v) is 1.49. The Morgan fingerprint density at radius 1 is 1.64 bits per heavy atom. The van der Waals surface area contributed by atoms with Crippen LogP contribution in [0.4, 0.5) is 0 Å². The van der Waals surface area contributed by atoms with Gasteiger partial charge in [-0.25, -0.2) is 0 Å². The largest absolute Gasteiger partial charge is 0.465 e. The van der Waals surface area contributed by atoms with E-state index in [0.717, 1.165) is 0 Å². The summed E-state index contributed by atoms with van der Waals surface area (Å²) in [6.45, 7) is 3.98. The van der Waals surface area contributed by atoms with Crippen LogP contribution in [0.25, 0.3) is 0 Å². The number of rotatable bonds is 5. The third-order valence-electron chi connectivity index (χ3n) is 2.13. The zero-order valence-corrected chi connectivity index (χ0v) is 8.49. The maximum absolute atomic E-state index is 11.3. The highest BCUT2D eigenvalue weighted by molar-refractivity contribution is 5.76. The van der Waals surface area contributed by atoms with E-state index in [4.69, 9.17) is 15.2 Å². The van der Waals surface area contributed by atoms with Crippen molar-refractivity contribution in [3.05, 3.63) is 0 Å². The van der Waals surface area contributed by atoms with Gasteiger partial charge < -0.3 is 20.5 Å².